The molecule has 166 valence electrons. The van der Waals surface area contributed by atoms with Crippen LogP contribution in [0, 0.1) is 5.92 Å². The second-order valence-electron chi connectivity index (χ2n) is 8.54. The van der Waals surface area contributed by atoms with E-state index in [1.165, 1.54) is 38.6 Å². The van der Waals surface area contributed by atoms with Gasteiger partial charge in [-0.05, 0) is 65.5 Å². The summed E-state index contributed by atoms with van der Waals surface area (Å²) >= 11 is 0. The molecule has 0 aromatic carbocycles. The fraction of sp³-hybridized carbons (Fsp3) is 0.947. The number of nitrogens with zero attached hydrogens (tertiary/aromatic N) is 3. The molecule has 0 aromatic rings. The Morgan fingerprint density at radius 2 is 1.68 bits per heavy atom. The van der Waals surface area contributed by atoms with Crippen molar-refractivity contribution < 1.29 is 8.42 Å². The summed E-state index contributed by atoms with van der Waals surface area (Å²) in [7, 11) is -3.05. The highest BCUT2D eigenvalue weighted by Gasteiger charge is 2.28. The number of aliphatic imine (C=N–C) groups is 1. The molecule has 7 nitrogen and oxygen atoms in total. The van der Waals surface area contributed by atoms with Gasteiger partial charge in [-0.3, -0.25) is 9.89 Å². The lowest BCUT2D eigenvalue weighted by Gasteiger charge is -2.40. The van der Waals surface area contributed by atoms with Crippen LogP contribution in [0.25, 0.3) is 0 Å². The molecule has 9 heteroatoms. The Balaban J connectivity index is 0.00000392. The topological polar surface area (TPSA) is 77.0 Å². The largest absolute Gasteiger partial charge is 0.357 e. The van der Waals surface area contributed by atoms with Crippen molar-refractivity contribution in [2.24, 2.45) is 10.9 Å². The predicted molar refractivity (Wildman–Crippen MR) is 128 cm³/mol. The van der Waals surface area contributed by atoms with Gasteiger partial charge in [-0.25, -0.2) is 12.7 Å². The molecule has 2 saturated heterocycles. The van der Waals surface area contributed by atoms with Crippen LogP contribution in [0.15, 0.2) is 4.99 Å². The third kappa shape index (κ3) is 8.31. The van der Waals surface area contributed by atoms with Gasteiger partial charge < -0.3 is 10.6 Å². The number of rotatable bonds is 7. The Bertz CT molecular complexity index is 583. The quantitative estimate of drug-likeness (QED) is 0.300. The Hall–Kier alpha value is -0.130. The highest BCUT2D eigenvalue weighted by atomic mass is 127. The van der Waals surface area contributed by atoms with Crippen LogP contribution in [-0.2, 0) is 10.0 Å². The fourth-order valence-corrected chi connectivity index (χ4v) is 4.77. The van der Waals surface area contributed by atoms with Gasteiger partial charge in [0.2, 0.25) is 10.0 Å². The molecule has 0 aromatic heterocycles. The number of hydrogen-bond acceptors (Lipinski definition) is 4. The van der Waals surface area contributed by atoms with Gasteiger partial charge in [0, 0.05) is 31.7 Å². The van der Waals surface area contributed by atoms with E-state index in [4.69, 9.17) is 4.99 Å². The average Bonchev–Trinajstić information content (AvgIpc) is 2.64. The number of piperidine rings is 2. The Labute approximate surface area is 189 Å². The predicted octanol–water partition coefficient (Wildman–Crippen LogP) is 2.10. The smallest absolute Gasteiger partial charge is 0.211 e. The zero-order valence-corrected chi connectivity index (χ0v) is 21.2. The third-order valence-corrected chi connectivity index (χ3v) is 7.08. The van der Waals surface area contributed by atoms with Crippen molar-refractivity contribution in [3.8, 4) is 0 Å². The molecule has 2 rings (SSSR count). The van der Waals surface area contributed by atoms with Crippen LogP contribution < -0.4 is 10.6 Å². The Kier molecular flexibility index (Phi) is 11.0. The summed E-state index contributed by atoms with van der Waals surface area (Å²) in [4.78, 5) is 7.41. The monoisotopic (exact) mass is 529 g/mol. The molecule has 2 fully saturated rings. The molecule has 0 radical (unpaired) electrons. The van der Waals surface area contributed by atoms with E-state index in [9.17, 15) is 8.42 Å². The van der Waals surface area contributed by atoms with Crippen LogP contribution in [0.2, 0.25) is 0 Å². The normalized spacial score (nSPS) is 21.2. The molecular formula is C19H40IN5O2S. The van der Waals surface area contributed by atoms with E-state index in [-0.39, 0.29) is 29.5 Å². The number of sulfonamides is 1. The first kappa shape index (κ1) is 25.9. The standard InChI is InChI=1S/C19H39N5O2S.HI/c1-5-20-18(22-16-19(2,3)23-11-7-6-8-12-23)21-15-17-9-13-24(14-10-17)27(4,25)26;/h17H,5-16H2,1-4H3,(H2,20,21,22);1H. The molecule has 0 atom stereocenters. The van der Waals surface area contributed by atoms with Crippen molar-refractivity contribution in [2.45, 2.75) is 58.4 Å². The fourth-order valence-electron chi connectivity index (χ4n) is 3.90. The molecule has 0 saturated carbocycles. The van der Waals surface area contributed by atoms with Crippen LogP contribution in [0.1, 0.15) is 52.9 Å². The average molecular weight is 530 g/mol. The Morgan fingerprint density at radius 3 is 2.21 bits per heavy atom. The zero-order valence-electron chi connectivity index (χ0n) is 18.0. The highest BCUT2D eigenvalue weighted by molar-refractivity contribution is 14.0. The molecular weight excluding hydrogens is 489 g/mol. The van der Waals surface area contributed by atoms with Gasteiger partial charge in [0.15, 0.2) is 5.96 Å². The van der Waals surface area contributed by atoms with E-state index in [0.29, 0.717) is 19.0 Å². The molecule has 2 aliphatic heterocycles. The SMILES string of the molecule is CCNC(=NCC(C)(C)N1CCCCC1)NCC1CCN(S(C)(=O)=O)CC1.I. The number of nitrogens with one attached hydrogen (secondary N) is 2. The van der Waals surface area contributed by atoms with Gasteiger partial charge >= 0.3 is 0 Å². The minimum absolute atomic E-state index is 0. The van der Waals surface area contributed by atoms with Crippen LogP contribution in [0.4, 0.5) is 0 Å². The van der Waals surface area contributed by atoms with Crippen molar-refractivity contribution in [1.29, 1.82) is 0 Å². The summed E-state index contributed by atoms with van der Waals surface area (Å²) in [6.07, 6.45) is 7.02. The lowest BCUT2D eigenvalue weighted by molar-refractivity contribution is 0.102. The summed E-state index contributed by atoms with van der Waals surface area (Å²) in [6.45, 7) is 12.7. The first-order valence-corrected chi connectivity index (χ1v) is 12.3. The van der Waals surface area contributed by atoms with E-state index in [1.54, 1.807) is 4.31 Å². The second-order valence-corrected chi connectivity index (χ2v) is 10.5. The van der Waals surface area contributed by atoms with Gasteiger partial charge in [0.1, 0.15) is 0 Å². The van der Waals surface area contributed by atoms with Crippen LogP contribution >= 0.6 is 24.0 Å². The van der Waals surface area contributed by atoms with Crippen molar-refractivity contribution in [2.75, 3.05) is 52.1 Å². The maximum Gasteiger partial charge on any atom is 0.211 e. The number of likely N-dealkylation sites (tertiary alicyclic amines) is 1. The summed E-state index contributed by atoms with van der Waals surface area (Å²) < 4.78 is 24.8. The lowest BCUT2D eigenvalue weighted by Crippen LogP contribution is -2.50. The maximum absolute atomic E-state index is 11.6. The first-order chi connectivity index (χ1) is 12.7. The molecule has 0 spiro atoms. The van der Waals surface area contributed by atoms with E-state index in [0.717, 1.165) is 38.4 Å². The maximum atomic E-state index is 11.6. The van der Waals surface area contributed by atoms with Crippen LogP contribution in [-0.4, -0.2) is 81.2 Å². The first-order valence-electron chi connectivity index (χ1n) is 10.4. The van der Waals surface area contributed by atoms with Crippen molar-refractivity contribution >= 4 is 40.0 Å². The summed E-state index contributed by atoms with van der Waals surface area (Å²) in [5, 5.41) is 6.82. The molecule has 2 heterocycles. The minimum Gasteiger partial charge on any atom is -0.357 e. The van der Waals surface area contributed by atoms with Gasteiger partial charge in [-0.1, -0.05) is 6.42 Å². The summed E-state index contributed by atoms with van der Waals surface area (Å²) in [6, 6.07) is 0. The zero-order chi connectivity index (χ0) is 19.9. The lowest BCUT2D eigenvalue weighted by atomic mass is 9.98. The van der Waals surface area contributed by atoms with Gasteiger partial charge in [0.25, 0.3) is 0 Å². The highest BCUT2D eigenvalue weighted by Crippen LogP contribution is 2.21. The molecule has 0 unspecified atom stereocenters. The van der Waals surface area contributed by atoms with E-state index in [2.05, 4.69) is 36.3 Å². The summed E-state index contributed by atoms with van der Waals surface area (Å²) in [5.41, 5.74) is 0.0730. The molecule has 0 amide bonds. The number of halogens is 1. The number of guanidine groups is 1. The van der Waals surface area contributed by atoms with Gasteiger partial charge in [0.05, 0.1) is 12.8 Å². The van der Waals surface area contributed by atoms with E-state index in [1.807, 2.05) is 0 Å². The molecule has 0 bridgehead atoms. The molecule has 0 aliphatic carbocycles. The summed E-state index contributed by atoms with van der Waals surface area (Å²) in [5.74, 6) is 1.36. The molecule has 28 heavy (non-hydrogen) atoms. The van der Waals surface area contributed by atoms with Crippen molar-refractivity contribution in [3.05, 3.63) is 0 Å². The van der Waals surface area contributed by atoms with Crippen molar-refractivity contribution in [1.82, 2.24) is 19.8 Å². The third-order valence-electron chi connectivity index (χ3n) is 5.78. The second kappa shape index (κ2) is 11.9. The van der Waals surface area contributed by atoms with Crippen LogP contribution in [0.5, 0.6) is 0 Å². The van der Waals surface area contributed by atoms with Gasteiger partial charge in [-0.2, -0.15) is 0 Å². The van der Waals surface area contributed by atoms with Crippen LogP contribution in [0.3, 0.4) is 0 Å². The number of hydrogen-bond donors (Lipinski definition) is 2. The van der Waals surface area contributed by atoms with E-state index < -0.39 is 10.0 Å². The van der Waals surface area contributed by atoms with Crippen molar-refractivity contribution in [3.63, 3.8) is 0 Å². The minimum atomic E-state index is -3.05. The van der Waals surface area contributed by atoms with Gasteiger partial charge in [-0.15, -0.1) is 24.0 Å². The molecule has 2 N–H and O–H groups in total. The van der Waals surface area contributed by atoms with E-state index >= 15 is 0 Å². The molecule has 2 aliphatic rings. The Morgan fingerprint density at radius 1 is 1.07 bits per heavy atom.